The molecular weight excluding hydrogens is 434 g/mol. The average Bonchev–Trinajstić information content (AvgIpc) is 3.25. The fraction of sp³-hybridized carbons (Fsp3) is 0.120. The number of nitrogens with one attached hydrogen (secondary N) is 2. The molecule has 5 rings (SSSR count). The maximum atomic E-state index is 12.7. The van der Waals surface area contributed by atoms with Gasteiger partial charge in [0, 0.05) is 17.8 Å². The van der Waals surface area contributed by atoms with Gasteiger partial charge in [-0.15, -0.1) is 5.10 Å². The fourth-order valence-electron chi connectivity index (χ4n) is 3.61. The van der Waals surface area contributed by atoms with Gasteiger partial charge < -0.3 is 10.6 Å². The van der Waals surface area contributed by atoms with E-state index in [0.717, 1.165) is 0 Å². The van der Waals surface area contributed by atoms with Gasteiger partial charge in [0.05, 0.1) is 10.9 Å². The van der Waals surface area contributed by atoms with Crippen LogP contribution in [0.4, 0.5) is 10.8 Å². The predicted molar refractivity (Wildman–Crippen MR) is 132 cm³/mol. The molecule has 0 saturated carbocycles. The Morgan fingerprint density at radius 3 is 2.67 bits per heavy atom. The Kier molecular flexibility index (Phi) is 5.58. The highest BCUT2D eigenvalue weighted by Crippen LogP contribution is 2.23. The Balaban J connectivity index is 1.32. The van der Waals surface area contributed by atoms with Crippen molar-refractivity contribution < 1.29 is 4.79 Å². The quantitative estimate of drug-likeness (QED) is 0.391. The van der Waals surface area contributed by atoms with Crippen molar-refractivity contribution in [1.82, 2.24) is 19.9 Å². The third kappa shape index (κ3) is 4.33. The zero-order valence-corrected chi connectivity index (χ0v) is 18.7. The normalized spacial score (nSPS) is 12.0. The van der Waals surface area contributed by atoms with Crippen LogP contribution in [-0.4, -0.2) is 27.0 Å². The highest BCUT2D eigenvalue weighted by atomic mass is 32.1. The number of para-hydroxylation sites is 1. The van der Waals surface area contributed by atoms with Crippen LogP contribution in [0.25, 0.3) is 15.9 Å². The molecule has 0 radical (unpaired) electrons. The summed E-state index contributed by atoms with van der Waals surface area (Å²) in [5, 5.41) is 11.6. The van der Waals surface area contributed by atoms with Crippen LogP contribution in [0.2, 0.25) is 0 Å². The van der Waals surface area contributed by atoms with Gasteiger partial charge in [-0.25, -0.2) is 4.98 Å². The third-order valence-electron chi connectivity index (χ3n) is 5.42. The van der Waals surface area contributed by atoms with E-state index in [1.807, 2.05) is 42.5 Å². The number of benzene rings is 3. The molecule has 2 N–H and O–H groups in total. The van der Waals surface area contributed by atoms with Crippen molar-refractivity contribution in [3.05, 3.63) is 100 Å². The molecule has 5 aromatic rings. The van der Waals surface area contributed by atoms with Gasteiger partial charge in [-0.1, -0.05) is 66.8 Å². The number of fused-ring (bicyclic) bond motifs is 2. The van der Waals surface area contributed by atoms with E-state index in [-0.39, 0.29) is 17.4 Å². The molecule has 0 aliphatic rings. The summed E-state index contributed by atoms with van der Waals surface area (Å²) in [4.78, 5) is 30.4. The number of nitrogens with zero attached hydrogens (tertiary/aromatic N) is 3. The molecule has 8 heteroatoms. The summed E-state index contributed by atoms with van der Waals surface area (Å²) < 4.78 is 1.30. The lowest BCUT2D eigenvalue weighted by atomic mass is 10.0. The molecular formula is C25H21N5O2S. The molecule has 0 spiro atoms. The van der Waals surface area contributed by atoms with Crippen LogP contribution in [0.5, 0.6) is 0 Å². The van der Waals surface area contributed by atoms with E-state index in [9.17, 15) is 9.59 Å². The molecule has 2 aromatic heterocycles. The summed E-state index contributed by atoms with van der Waals surface area (Å²) in [6.07, 6.45) is 0. The lowest BCUT2D eigenvalue weighted by molar-refractivity contribution is 0.0951. The first-order chi connectivity index (χ1) is 16.1. The van der Waals surface area contributed by atoms with Crippen molar-refractivity contribution in [3.8, 4) is 0 Å². The smallest absolute Gasteiger partial charge is 0.283 e. The predicted octanol–water partition coefficient (Wildman–Crippen LogP) is 4.58. The average molecular weight is 456 g/mol. The first-order valence-electron chi connectivity index (χ1n) is 10.6. The first-order valence-corrected chi connectivity index (χ1v) is 11.4. The fourth-order valence-corrected chi connectivity index (χ4v) is 4.43. The van der Waals surface area contributed by atoms with Crippen LogP contribution >= 0.6 is 11.3 Å². The molecule has 0 fully saturated rings. The summed E-state index contributed by atoms with van der Waals surface area (Å²) in [6.45, 7) is 2.63. The van der Waals surface area contributed by atoms with E-state index in [0.29, 0.717) is 38.8 Å². The minimum atomic E-state index is -0.208. The van der Waals surface area contributed by atoms with Gasteiger partial charge in [0.25, 0.3) is 11.5 Å². The number of rotatable bonds is 6. The highest BCUT2D eigenvalue weighted by molar-refractivity contribution is 7.20. The zero-order chi connectivity index (χ0) is 22.8. The van der Waals surface area contributed by atoms with Gasteiger partial charge in [-0.3, -0.25) is 9.59 Å². The number of hydrogen-bond donors (Lipinski definition) is 2. The second-order valence-electron chi connectivity index (χ2n) is 7.76. The number of hydrogen-bond acceptors (Lipinski definition) is 6. The third-order valence-corrected chi connectivity index (χ3v) is 6.24. The summed E-state index contributed by atoms with van der Waals surface area (Å²) in [5.41, 5.74) is 2.86. The van der Waals surface area contributed by atoms with Crippen LogP contribution in [0.15, 0.2) is 83.7 Å². The minimum absolute atomic E-state index is 0.144. The molecule has 0 saturated heterocycles. The molecule has 1 atom stereocenters. The lowest BCUT2D eigenvalue weighted by Crippen LogP contribution is -2.27. The summed E-state index contributed by atoms with van der Waals surface area (Å²) in [5.74, 6) is 0.0652. The van der Waals surface area contributed by atoms with Gasteiger partial charge in [0.2, 0.25) is 10.1 Å². The Hall–Kier alpha value is -4.04. The van der Waals surface area contributed by atoms with Crippen molar-refractivity contribution in [2.24, 2.45) is 0 Å². The monoisotopic (exact) mass is 455 g/mol. The molecule has 1 amide bonds. The van der Waals surface area contributed by atoms with E-state index < -0.39 is 0 Å². The van der Waals surface area contributed by atoms with Crippen LogP contribution in [0.1, 0.15) is 28.8 Å². The van der Waals surface area contributed by atoms with Gasteiger partial charge in [0.1, 0.15) is 0 Å². The van der Waals surface area contributed by atoms with Gasteiger partial charge in [-0.05, 0) is 41.8 Å². The molecule has 0 bridgehead atoms. The number of carbonyl (C=O) groups excluding carboxylic acids is 1. The number of anilines is 2. The Morgan fingerprint density at radius 2 is 1.82 bits per heavy atom. The number of aromatic nitrogens is 3. The van der Waals surface area contributed by atoms with Crippen molar-refractivity contribution in [3.63, 3.8) is 0 Å². The minimum Gasteiger partial charge on any atom is -0.351 e. The summed E-state index contributed by atoms with van der Waals surface area (Å²) in [7, 11) is 0. The SMILES string of the molecule is CC(CNC(=O)c1cccc(Nc2nn3c(=O)c4ccccc4nc3s2)c1)c1ccccc1. The standard InChI is InChI=1S/C25H21N5O2S/c1-16(17-8-3-2-4-9-17)15-26-22(31)18-10-7-11-19(14-18)27-24-29-30-23(32)20-12-5-6-13-21(20)28-25(30)33-24/h2-14,16H,15H2,1H3,(H,26,31)(H,27,29). The molecule has 0 aliphatic carbocycles. The molecule has 2 heterocycles. The van der Waals surface area contributed by atoms with Crippen molar-refractivity contribution in [2.75, 3.05) is 11.9 Å². The van der Waals surface area contributed by atoms with Crippen molar-refractivity contribution in [2.45, 2.75) is 12.8 Å². The maximum Gasteiger partial charge on any atom is 0.283 e. The van der Waals surface area contributed by atoms with E-state index >= 15 is 0 Å². The molecule has 1 unspecified atom stereocenters. The second-order valence-corrected chi connectivity index (χ2v) is 8.72. The Morgan fingerprint density at radius 1 is 1.03 bits per heavy atom. The Labute approximate surface area is 193 Å². The second kappa shape index (κ2) is 8.84. The van der Waals surface area contributed by atoms with Crippen LogP contribution in [-0.2, 0) is 0 Å². The van der Waals surface area contributed by atoms with Crippen LogP contribution in [0.3, 0.4) is 0 Å². The van der Waals surface area contributed by atoms with E-state index in [2.05, 4.69) is 39.8 Å². The summed E-state index contributed by atoms with van der Waals surface area (Å²) in [6, 6.07) is 24.5. The topological polar surface area (TPSA) is 88.4 Å². The Bertz CT molecular complexity index is 1510. The molecule has 3 aromatic carbocycles. The molecule has 33 heavy (non-hydrogen) atoms. The number of carbonyl (C=O) groups is 1. The van der Waals surface area contributed by atoms with Gasteiger partial charge >= 0.3 is 0 Å². The van der Waals surface area contributed by atoms with Crippen LogP contribution < -0.4 is 16.2 Å². The van der Waals surface area contributed by atoms with E-state index in [1.54, 1.807) is 24.3 Å². The lowest BCUT2D eigenvalue weighted by Gasteiger charge is -2.13. The zero-order valence-electron chi connectivity index (χ0n) is 17.9. The largest absolute Gasteiger partial charge is 0.351 e. The van der Waals surface area contributed by atoms with Crippen molar-refractivity contribution >= 4 is 43.9 Å². The molecule has 7 nitrogen and oxygen atoms in total. The van der Waals surface area contributed by atoms with Crippen LogP contribution in [0, 0.1) is 0 Å². The van der Waals surface area contributed by atoms with E-state index in [1.165, 1.54) is 21.4 Å². The maximum absolute atomic E-state index is 12.7. The van der Waals surface area contributed by atoms with Crippen molar-refractivity contribution in [1.29, 1.82) is 0 Å². The van der Waals surface area contributed by atoms with Gasteiger partial charge in [-0.2, -0.15) is 4.52 Å². The number of amides is 1. The first kappa shape index (κ1) is 20.8. The summed E-state index contributed by atoms with van der Waals surface area (Å²) >= 11 is 1.28. The highest BCUT2D eigenvalue weighted by Gasteiger charge is 2.13. The van der Waals surface area contributed by atoms with Gasteiger partial charge in [0.15, 0.2) is 0 Å². The van der Waals surface area contributed by atoms with E-state index in [4.69, 9.17) is 0 Å². The molecule has 164 valence electrons. The molecule has 0 aliphatic heterocycles.